The molecule has 0 amide bonds. The smallest absolute Gasteiger partial charge is 0.172 e. The lowest BCUT2D eigenvalue weighted by molar-refractivity contribution is 0.0983. The van der Waals surface area contributed by atoms with Gasteiger partial charge in [0.25, 0.3) is 0 Å². The number of thiophene rings is 1. The number of carbonyl (C=O) groups is 1. The number of rotatable bonds is 13. The number of hydrogen-bond acceptors (Lipinski definition) is 2. The average Bonchev–Trinajstić information content (AvgIpc) is 3.01. The molecule has 0 N–H and O–H groups in total. The summed E-state index contributed by atoms with van der Waals surface area (Å²) in [5.41, 5.74) is 0. The van der Waals surface area contributed by atoms with Crippen molar-refractivity contribution >= 4 is 28.7 Å². The summed E-state index contributed by atoms with van der Waals surface area (Å²) in [5.74, 6) is 0.284. The second-order valence-corrected chi connectivity index (χ2v) is 7.36. The Bertz CT molecular complexity index is 361. The molecule has 21 heavy (non-hydrogen) atoms. The summed E-state index contributed by atoms with van der Waals surface area (Å²) in [5, 5.41) is 2.26. The Morgan fingerprint density at radius 1 is 1.10 bits per heavy atom. The van der Waals surface area contributed by atoms with E-state index in [4.69, 9.17) is 11.6 Å². The molecule has 0 saturated carbocycles. The fourth-order valence-corrected chi connectivity index (χ4v) is 3.51. The normalized spacial score (nSPS) is 12.5. The van der Waals surface area contributed by atoms with Gasteiger partial charge in [-0.1, -0.05) is 57.9 Å². The number of halogens is 1. The average molecular weight is 329 g/mol. The van der Waals surface area contributed by atoms with Gasteiger partial charge in [-0.25, -0.2) is 0 Å². The summed E-state index contributed by atoms with van der Waals surface area (Å²) in [6.45, 7) is 2.25. The first-order valence-electron chi connectivity index (χ1n) is 8.44. The van der Waals surface area contributed by atoms with Gasteiger partial charge < -0.3 is 0 Å². The number of unbranched alkanes of at least 4 members (excludes halogenated alkanes) is 6. The third-order valence-corrected chi connectivity index (χ3v) is 5.19. The molecule has 0 fully saturated rings. The summed E-state index contributed by atoms with van der Waals surface area (Å²) in [6, 6.07) is 3.85. The Balaban J connectivity index is 1.93. The summed E-state index contributed by atoms with van der Waals surface area (Å²) >= 11 is 7.89. The third kappa shape index (κ3) is 9.31. The van der Waals surface area contributed by atoms with E-state index in [0.29, 0.717) is 11.8 Å². The van der Waals surface area contributed by atoms with Crippen molar-refractivity contribution in [3.8, 4) is 0 Å². The van der Waals surface area contributed by atoms with Crippen molar-refractivity contribution < 1.29 is 4.79 Å². The lowest BCUT2D eigenvalue weighted by Gasteiger charge is -2.08. The van der Waals surface area contributed by atoms with Gasteiger partial charge >= 0.3 is 0 Å². The Labute approximate surface area is 139 Å². The molecule has 1 aromatic rings. The van der Waals surface area contributed by atoms with Gasteiger partial charge in [0.1, 0.15) is 0 Å². The minimum absolute atomic E-state index is 0.284. The largest absolute Gasteiger partial charge is 0.293 e. The third-order valence-electron chi connectivity index (χ3n) is 3.84. The van der Waals surface area contributed by atoms with E-state index >= 15 is 0 Å². The predicted octanol–water partition coefficient (Wildman–Crippen LogP) is 6.85. The zero-order chi connectivity index (χ0) is 15.3. The SMILES string of the molecule is CCCCCCCCC(Cl)CCCCC(=O)c1cccs1. The molecule has 0 aliphatic heterocycles. The van der Waals surface area contributed by atoms with E-state index in [1.165, 1.54) is 49.9 Å². The minimum atomic E-state index is 0.284. The topological polar surface area (TPSA) is 17.1 Å². The highest BCUT2D eigenvalue weighted by Crippen LogP contribution is 2.18. The van der Waals surface area contributed by atoms with Gasteiger partial charge in [0, 0.05) is 11.8 Å². The zero-order valence-electron chi connectivity index (χ0n) is 13.3. The van der Waals surface area contributed by atoms with Gasteiger partial charge in [-0.2, -0.15) is 0 Å². The highest BCUT2D eigenvalue weighted by atomic mass is 35.5. The van der Waals surface area contributed by atoms with E-state index in [-0.39, 0.29) is 5.78 Å². The molecule has 1 unspecified atom stereocenters. The number of Topliss-reactive ketones (excluding diaryl/α,β-unsaturated/α-hetero) is 1. The first kappa shape index (κ1) is 18.7. The predicted molar refractivity (Wildman–Crippen MR) is 94.8 cm³/mol. The highest BCUT2D eigenvalue weighted by Gasteiger charge is 2.08. The van der Waals surface area contributed by atoms with E-state index in [1.54, 1.807) is 0 Å². The maximum atomic E-state index is 11.8. The van der Waals surface area contributed by atoms with E-state index in [1.807, 2.05) is 17.5 Å². The first-order valence-corrected chi connectivity index (χ1v) is 9.76. The van der Waals surface area contributed by atoms with Crippen LogP contribution < -0.4 is 0 Å². The molecule has 1 heterocycles. The van der Waals surface area contributed by atoms with E-state index < -0.39 is 0 Å². The van der Waals surface area contributed by atoms with Crippen molar-refractivity contribution in [1.29, 1.82) is 0 Å². The van der Waals surface area contributed by atoms with Crippen molar-refractivity contribution in [3.63, 3.8) is 0 Å². The van der Waals surface area contributed by atoms with Crippen LogP contribution in [0.4, 0.5) is 0 Å². The number of ketones is 1. The van der Waals surface area contributed by atoms with Gasteiger partial charge in [-0.15, -0.1) is 22.9 Å². The second-order valence-electron chi connectivity index (χ2n) is 5.80. The lowest BCUT2D eigenvalue weighted by Crippen LogP contribution is -2.00. The Kier molecular flexibility index (Phi) is 10.9. The molecular weight excluding hydrogens is 300 g/mol. The molecule has 0 aromatic carbocycles. The van der Waals surface area contributed by atoms with Crippen LogP contribution in [0, 0.1) is 0 Å². The molecule has 1 rings (SSSR count). The van der Waals surface area contributed by atoms with Gasteiger partial charge in [-0.05, 0) is 30.7 Å². The van der Waals surface area contributed by atoms with Gasteiger partial charge in [0.05, 0.1) is 4.88 Å². The van der Waals surface area contributed by atoms with Gasteiger partial charge in [0.2, 0.25) is 0 Å². The summed E-state index contributed by atoms with van der Waals surface area (Å²) < 4.78 is 0. The first-order chi connectivity index (χ1) is 10.2. The van der Waals surface area contributed by atoms with Crippen LogP contribution >= 0.6 is 22.9 Å². The maximum absolute atomic E-state index is 11.8. The maximum Gasteiger partial charge on any atom is 0.172 e. The standard InChI is InChI=1S/C18H29ClOS/c1-2-3-4-5-6-7-11-16(19)12-8-9-13-17(20)18-14-10-15-21-18/h10,14-16H,2-9,11-13H2,1H3. The number of alkyl halides is 1. The van der Waals surface area contributed by atoms with E-state index in [0.717, 1.165) is 30.6 Å². The van der Waals surface area contributed by atoms with Crippen molar-refractivity contribution in [2.75, 3.05) is 0 Å². The van der Waals surface area contributed by atoms with Crippen LogP contribution in [-0.4, -0.2) is 11.2 Å². The summed E-state index contributed by atoms with van der Waals surface area (Å²) in [7, 11) is 0. The monoisotopic (exact) mass is 328 g/mol. The van der Waals surface area contributed by atoms with Crippen LogP contribution in [0.1, 0.15) is 87.2 Å². The molecule has 1 atom stereocenters. The molecule has 0 saturated heterocycles. The molecule has 1 aromatic heterocycles. The van der Waals surface area contributed by atoms with Gasteiger partial charge in [-0.3, -0.25) is 4.79 Å². The Morgan fingerprint density at radius 2 is 1.76 bits per heavy atom. The van der Waals surface area contributed by atoms with Crippen LogP contribution in [0.3, 0.4) is 0 Å². The molecule has 0 radical (unpaired) electrons. The fourth-order valence-electron chi connectivity index (χ4n) is 2.50. The molecule has 1 nitrogen and oxygen atoms in total. The summed E-state index contributed by atoms with van der Waals surface area (Å²) in [4.78, 5) is 12.7. The van der Waals surface area contributed by atoms with Crippen LogP contribution in [0.25, 0.3) is 0 Å². The molecule has 120 valence electrons. The quantitative estimate of drug-likeness (QED) is 0.220. The van der Waals surface area contributed by atoms with Crippen LogP contribution in [0.2, 0.25) is 0 Å². The Morgan fingerprint density at radius 3 is 2.43 bits per heavy atom. The zero-order valence-corrected chi connectivity index (χ0v) is 14.9. The molecule has 0 aliphatic carbocycles. The van der Waals surface area contributed by atoms with Crippen LogP contribution in [0.15, 0.2) is 17.5 Å². The van der Waals surface area contributed by atoms with Crippen molar-refractivity contribution in [2.24, 2.45) is 0 Å². The number of carbonyl (C=O) groups excluding carboxylic acids is 1. The highest BCUT2D eigenvalue weighted by molar-refractivity contribution is 7.12. The van der Waals surface area contributed by atoms with Crippen LogP contribution in [0.5, 0.6) is 0 Å². The van der Waals surface area contributed by atoms with Gasteiger partial charge in [0.15, 0.2) is 5.78 Å². The van der Waals surface area contributed by atoms with E-state index in [2.05, 4.69) is 6.92 Å². The molecule has 0 aliphatic rings. The Hall–Kier alpha value is -0.340. The van der Waals surface area contributed by atoms with Crippen molar-refractivity contribution in [2.45, 2.75) is 82.9 Å². The van der Waals surface area contributed by atoms with Crippen LogP contribution in [-0.2, 0) is 0 Å². The van der Waals surface area contributed by atoms with Crippen molar-refractivity contribution in [3.05, 3.63) is 22.4 Å². The summed E-state index contributed by atoms with van der Waals surface area (Å²) in [6.07, 6.45) is 12.9. The molecule has 0 bridgehead atoms. The van der Waals surface area contributed by atoms with E-state index in [9.17, 15) is 4.79 Å². The fraction of sp³-hybridized carbons (Fsp3) is 0.722. The second kappa shape index (κ2) is 12.2. The minimum Gasteiger partial charge on any atom is -0.293 e. The molecule has 0 spiro atoms. The molecule has 3 heteroatoms. The van der Waals surface area contributed by atoms with Crippen molar-refractivity contribution in [1.82, 2.24) is 0 Å². The lowest BCUT2D eigenvalue weighted by atomic mass is 10.0. The number of hydrogen-bond donors (Lipinski definition) is 0. The molecular formula is C18H29ClOS.